The average Bonchev–Trinajstić information content (AvgIpc) is 2.69. The van der Waals surface area contributed by atoms with Crippen molar-refractivity contribution in [3.8, 4) is 5.82 Å². The summed E-state index contributed by atoms with van der Waals surface area (Å²) in [6, 6.07) is 3.53. The summed E-state index contributed by atoms with van der Waals surface area (Å²) >= 11 is 0. The van der Waals surface area contributed by atoms with Crippen molar-refractivity contribution in [2.24, 2.45) is 0 Å². The van der Waals surface area contributed by atoms with Crippen LogP contribution in [0.5, 0.6) is 0 Å². The molecule has 0 aromatic carbocycles. The first kappa shape index (κ1) is 10.3. The number of anilines is 2. The van der Waals surface area contributed by atoms with Crippen LogP contribution in [0.15, 0.2) is 18.3 Å². The molecule has 2 heterocycles. The maximum atomic E-state index is 5.73. The Balaban J connectivity index is 2.25. The third kappa shape index (κ3) is 2.08. The number of hydrogen-bond acceptors (Lipinski definition) is 6. The van der Waals surface area contributed by atoms with Crippen LogP contribution in [0.25, 0.3) is 5.82 Å². The van der Waals surface area contributed by atoms with E-state index in [0.717, 1.165) is 13.0 Å². The largest absolute Gasteiger partial charge is 0.368 e. The van der Waals surface area contributed by atoms with Crippen LogP contribution in [-0.2, 0) is 0 Å². The van der Waals surface area contributed by atoms with E-state index in [1.54, 1.807) is 18.3 Å². The smallest absolute Gasteiger partial charge is 0.244 e. The number of nitrogens with two attached hydrogens (primary N) is 1. The molecule has 0 spiro atoms. The van der Waals surface area contributed by atoms with Gasteiger partial charge in [-0.2, -0.15) is 14.8 Å². The van der Waals surface area contributed by atoms with Gasteiger partial charge in [0, 0.05) is 12.7 Å². The summed E-state index contributed by atoms with van der Waals surface area (Å²) < 4.78 is 1.45. The van der Waals surface area contributed by atoms with Gasteiger partial charge >= 0.3 is 0 Å². The number of nitrogen functional groups attached to an aromatic ring is 1. The number of aromatic nitrogens is 5. The van der Waals surface area contributed by atoms with Gasteiger partial charge in [-0.25, -0.2) is 0 Å². The fourth-order valence-electron chi connectivity index (χ4n) is 1.21. The molecule has 0 amide bonds. The summed E-state index contributed by atoms with van der Waals surface area (Å²) in [6.45, 7) is 2.87. The second kappa shape index (κ2) is 4.56. The Morgan fingerprint density at radius 3 is 3.06 bits per heavy atom. The van der Waals surface area contributed by atoms with E-state index < -0.39 is 0 Å². The van der Waals surface area contributed by atoms with Gasteiger partial charge in [0.15, 0.2) is 5.82 Å². The molecule has 0 unspecified atom stereocenters. The maximum Gasteiger partial charge on any atom is 0.244 e. The lowest BCUT2D eigenvalue weighted by Gasteiger charge is -1.98. The number of rotatable bonds is 4. The summed E-state index contributed by atoms with van der Waals surface area (Å²) in [5.41, 5.74) is 5.73. The normalized spacial score (nSPS) is 10.3. The van der Waals surface area contributed by atoms with E-state index in [2.05, 4.69) is 32.5 Å². The van der Waals surface area contributed by atoms with Crippen molar-refractivity contribution in [3.05, 3.63) is 18.3 Å². The molecule has 0 aliphatic heterocycles. The lowest BCUT2D eigenvalue weighted by molar-refractivity contribution is 0.820. The zero-order valence-corrected chi connectivity index (χ0v) is 8.96. The highest BCUT2D eigenvalue weighted by Gasteiger charge is 2.08. The molecule has 84 valence electrons. The minimum absolute atomic E-state index is 0.291. The molecule has 7 nitrogen and oxygen atoms in total. The van der Waals surface area contributed by atoms with E-state index >= 15 is 0 Å². The van der Waals surface area contributed by atoms with E-state index in [0.29, 0.717) is 17.7 Å². The third-order valence-corrected chi connectivity index (χ3v) is 1.94. The Morgan fingerprint density at radius 2 is 2.38 bits per heavy atom. The van der Waals surface area contributed by atoms with Gasteiger partial charge in [-0.05, 0) is 18.6 Å². The quantitative estimate of drug-likeness (QED) is 0.775. The Kier molecular flexibility index (Phi) is 2.95. The highest BCUT2D eigenvalue weighted by molar-refractivity contribution is 5.37. The van der Waals surface area contributed by atoms with E-state index in [1.807, 2.05) is 0 Å². The predicted molar refractivity (Wildman–Crippen MR) is 60.1 cm³/mol. The highest BCUT2D eigenvalue weighted by atomic mass is 15.4. The van der Waals surface area contributed by atoms with E-state index in [-0.39, 0.29) is 0 Å². The van der Waals surface area contributed by atoms with Crippen molar-refractivity contribution in [3.63, 3.8) is 0 Å². The Bertz CT molecular complexity index is 450. The Labute approximate surface area is 92.7 Å². The zero-order valence-electron chi connectivity index (χ0n) is 8.96. The molecule has 2 rings (SSSR count). The average molecular weight is 219 g/mol. The summed E-state index contributed by atoms with van der Waals surface area (Å²) in [4.78, 5) is 4.08. The summed E-state index contributed by atoms with van der Waals surface area (Å²) in [5.74, 6) is 1.35. The topological polar surface area (TPSA) is 94.5 Å². The molecule has 2 aromatic rings. The summed E-state index contributed by atoms with van der Waals surface area (Å²) in [5, 5.41) is 14.9. The first-order valence-corrected chi connectivity index (χ1v) is 5.05. The summed E-state index contributed by atoms with van der Waals surface area (Å²) in [6.07, 6.45) is 2.59. The Hall–Kier alpha value is -2.18. The second-order valence-electron chi connectivity index (χ2n) is 3.21. The van der Waals surface area contributed by atoms with Gasteiger partial charge in [0.2, 0.25) is 11.9 Å². The van der Waals surface area contributed by atoms with Gasteiger partial charge in [-0.15, -0.1) is 10.2 Å². The van der Waals surface area contributed by atoms with Crippen LogP contribution in [-0.4, -0.2) is 31.5 Å². The molecular weight excluding hydrogens is 206 g/mol. The monoisotopic (exact) mass is 219 g/mol. The second-order valence-corrected chi connectivity index (χ2v) is 3.21. The van der Waals surface area contributed by atoms with Crippen LogP contribution in [0.4, 0.5) is 11.9 Å². The molecular formula is C9H13N7. The fraction of sp³-hybridized carbons (Fsp3) is 0.333. The van der Waals surface area contributed by atoms with Gasteiger partial charge < -0.3 is 11.1 Å². The van der Waals surface area contributed by atoms with Crippen LogP contribution < -0.4 is 11.1 Å². The minimum atomic E-state index is 0.291. The lowest BCUT2D eigenvalue weighted by Crippen LogP contribution is -2.05. The molecule has 0 atom stereocenters. The zero-order chi connectivity index (χ0) is 11.4. The van der Waals surface area contributed by atoms with Gasteiger partial charge in [-0.1, -0.05) is 6.92 Å². The van der Waals surface area contributed by atoms with Crippen molar-refractivity contribution in [1.82, 2.24) is 25.0 Å². The van der Waals surface area contributed by atoms with Crippen LogP contribution in [0.1, 0.15) is 13.3 Å². The molecule has 3 N–H and O–H groups in total. The molecule has 0 saturated carbocycles. The number of nitrogens with one attached hydrogen (secondary N) is 1. The van der Waals surface area contributed by atoms with Crippen LogP contribution >= 0.6 is 0 Å². The van der Waals surface area contributed by atoms with Crippen molar-refractivity contribution in [2.45, 2.75) is 13.3 Å². The molecule has 7 heteroatoms. The van der Waals surface area contributed by atoms with E-state index in [9.17, 15) is 0 Å². The van der Waals surface area contributed by atoms with E-state index in [1.165, 1.54) is 4.68 Å². The van der Waals surface area contributed by atoms with Gasteiger partial charge in [-0.3, -0.25) is 0 Å². The first-order valence-electron chi connectivity index (χ1n) is 5.05. The van der Waals surface area contributed by atoms with Crippen LogP contribution in [0.2, 0.25) is 0 Å². The van der Waals surface area contributed by atoms with Gasteiger partial charge in [0.1, 0.15) is 0 Å². The molecule has 0 bridgehead atoms. The number of nitrogens with zero attached hydrogens (tertiary/aromatic N) is 5. The molecule has 0 fully saturated rings. The van der Waals surface area contributed by atoms with Crippen molar-refractivity contribution >= 4 is 11.9 Å². The summed E-state index contributed by atoms with van der Waals surface area (Å²) in [7, 11) is 0. The number of hydrogen-bond donors (Lipinski definition) is 2. The third-order valence-electron chi connectivity index (χ3n) is 1.94. The molecule has 0 saturated heterocycles. The molecule has 0 aliphatic rings. The minimum Gasteiger partial charge on any atom is -0.368 e. The van der Waals surface area contributed by atoms with Crippen molar-refractivity contribution < 1.29 is 0 Å². The highest BCUT2D eigenvalue weighted by Crippen LogP contribution is 2.10. The lowest BCUT2D eigenvalue weighted by atomic mass is 10.5. The van der Waals surface area contributed by atoms with Gasteiger partial charge in [0.05, 0.1) is 0 Å². The van der Waals surface area contributed by atoms with E-state index in [4.69, 9.17) is 5.73 Å². The first-order chi connectivity index (χ1) is 7.81. The Morgan fingerprint density at radius 1 is 1.50 bits per heavy atom. The fourth-order valence-corrected chi connectivity index (χ4v) is 1.21. The molecule has 0 aliphatic carbocycles. The maximum absolute atomic E-state index is 5.73. The van der Waals surface area contributed by atoms with Crippen molar-refractivity contribution in [1.29, 1.82) is 0 Å². The standard InChI is InChI=1S/C9H13N7/c1-2-5-11-9-13-8(10)16(15-9)7-4-3-6-12-14-7/h3-4,6H,2,5H2,1H3,(H3,10,11,13,15). The van der Waals surface area contributed by atoms with Crippen LogP contribution in [0.3, 0.4) is 0 Å². The van der Waals surface area contributed by atoms with Crippen LogP contribution in [0, 0.1) is 0 Å². The molecule has 2 aromatic heterocycles. The predicted octanol–water partition coefficient (Wildman–Crippen LogP) is 0.461. The van der Waals surface area contributed by atoms with Crippen molar-refractivity contribution in [2.75, 3.05) is 17.6 Å². The molecule has 0 radical (unpaired) electrons. The molecule has 16 heavy (non-hydrogen) atoms. The SMILES string of the molecule is CCCNc1nc(N)n(-c2cccnn2)n1. The van der Waals surface area contributed by atoms with Gasteiger partial charge in [0.25, 0.3) is 0 Å².